The number of ether oxygens (including phenoxy) is 1. The predicted octanol–water partition coefficient (Wildman–Crippen LogP) is 3.69. The molecule has 0 radical (unpaired) electrons. The highest BCUT2D eigenvalue weighted by atomic mass is 19.1. The molecule has 2 heterocycles. The molecular formula is C21H22FN5O. The molecule has 144 valence electrons. The first-order valence-corrected chi connectivity index (χ1v) is 9.21. The molecule has 0 saturated carbocycles. The van der Waals surface area contributed by atoms with E-state index in [1.54, 1.807) is 31.5 Å². The third kappa shape index (κ3) is 3.98. The molecular weight excluding hydrogens is 357 g/mol. The van der Waals surface area contributed by atoms with Gasteiger partial charge in [-0.05, 0) is 42.5 Å². The van der Waals surface area contributed by atoms with Crippen molar-refractivity contribution in [1.82, 2.24) is 9.97 Å². The number of nitrogens with one attached hydrogen (secondary N) is 1. The van der Waals surface area contributed by atoms with Crippen molar-refractivity contribution in [1.29, 1.82) is 0 Å². The van der Waals surface area contributed by atoms with E-state index in [0.717, 1.165) is 43.3 Å². The van der Waals surface area contributed by atoms with Crippen molar-refractivity contribution >= 4 is 23.1 Å². The number of anilines is 4. The van der Waals surface area contributed by atoms with E-state index in [2.05, 4.69) is 31.2 Å². The van der Waals surface area contributed by atoms with Crippen LogP contribution in [-0.2, 0) is 0 Å². The lowest BCUT2D eigenvalue weighted by Crippen LogP contribution is -2.47. The molecule has 2 aromatic carbocycles. The minimum Gasteiger partial charge on any atom is -0.495 e. The Balaban J connectivity index is 1.42. The van der Waals surface area contributed by atoms with Gasteiger partial charge in [-0.15, -0.1) is 0 Å². The monoisotopic (exact) mass is 379 g/mol. The van der Waals surface area contributed by atoms with Gasteiger partial charge in [-0.2, -0.15) is 4.98 Å². The Labute approximate surface area is 163 Å². The van der Waals surface area contributed by atoms with E-state index < -0.39 is 0 Å². The van der Waals surface area contributed by atoms with E-state index in [9.17, 15) is 4.39 Å². The van der Waals surface area contributed by atoms with Crippen LogP contribution in [0.15, 0.2) is 60.8 Å². The first-order chi connectivity index (χ1) is 13.7. The summed E-state index contributed by atoms with van der Waals surface area (Å²) in [6, 6.07) is 16.1. The zero-order valence-corrected chi connectivity index (χ0v) is 15.7. The number of hydrogen-bond donors (Lipinski definition) is 1. The zero-order chi connectivity index (χ0) is 19.3. The van der Waals surface area contributed by atoms with E-state index in [-0.39, 0.29) is 5.82 Å². The van der Waals surface area contributed by atoms with E-state index in [0.29, 0.717) is 11.8 Å². The highest BCUT2D eigenvalue weighted by Crippen LogP contribution is 2.29. The maximum Gasteiger partial charge on any atom is 0.227 e. The van der Waals surface area contributed by atoms with Crippen molar-refractivity contribution in [2.24, 2.45) is 0 Å². The molecule has 1 aromatic heterocycles. The number of nitrogens with zero attached hydrogens (tertiary/aromatic N) is 4. The molecule has 0 aliphatic carbocycles. The number of methoxy groups -OCH3 is 1. The number of para-hydroxylation sites is 2. The highest BCUT2D eigenvalue weighted by Gasteiger charge is 2.21. The molecule has 0 unspecified atom stereocenters. The average Bonchev–Trinajstić information content (AvgIpc) is 2.76. The molecule has 1 aliphatic rings. The van der Waals surface area contributed by atoms with Gasteiger partial charge in [0.15, 0.2) is 0 Å². The second-order valence-electron chi connectivity index (χ2n) is 6.52. The normalized spacial score (nSPS) is 14.1. The van der Waals surface area contributed by atoms with Gasteiger partial charge in [0.05, 0.1) is 12.8 Å². The van der Waals surface area contributed by atoms with Crippen LogP contribution >= 0.6 is 0 Å². The van der Waals surface area contributed by atoms with Crippen molar-refractivity contribution in [2.75, 3.05) is 48.4 Å². The van der Waals surface area contributed by atoms with Gasteiger partial charge in [0.25, 0.3) is 0 Å². The summed E-state index contributed by atoms with van der Waals surface area (Å²) >= 11 is 0. The molecule has 0 spiro atoms. The molecule has 7 heteroatoms. The molecule has 0 atom stereocenters. The Morgan fingerprint density at radius 3 is 2.39 bits per heavy atom. The molecule has 1 saturated heterocycles. The van der Waals surface area contributed by atoms with Crippen LogP contribution in [0.4, 0.5) is 27.5 Å². The molecule has 1 aliphatic heterocycles. The summed E-state index contributed by atoms with van der Waals surface area (Å²) in [5.41, 5.74) is 1.89. The fraction of sp³-hybridized carbons (Fsp3) is 0.238. The average molecular weight is 379 g/mol. The highest BCUT2D eigenvalue weighted by molar-refractivity contribution is 5.60. The van der Waals surface area contributed by atoms with Crippen LogP contribution in [0.5, 0.6) is 5.75 Å². The zero-order valence-electron chi connectivity index (χ0n) is 15.7. The van der Waals surface area contributed by atoms with Crippen molar-refractivity contribution in [3.8, 4) is 5.75 Å². The summed E-state index contributed by atoms with van der Waals surface area (Å²) in [5, 5.41) is 3.19. The second-order valence-corrected chi connectivity index (χ2v) is 6.52. The molecule has 0 amide bonds. The van der Waals surface area contributed by atoms with E-state index in [1.807, 2.05) is 18.2 Å². The Bertz CT molecular complexity index is 926. The van der Waals surface area contributed by atoms with Gasteiger partial charge in [0.1, 0.15) is 17.4 Å². The lowest BCUT2D eigenvalue weighted by Gasteiger charge is -2.36. The van der Waals surface area contributed by atoms with Crippen molar-refractivity contribution in [3.05, 3.63) is 66.6 Å². The molecule has 0 bridgehead atoms. The van der Waals surface area contributed by atoms with Crippen LogP contribution in [0.2, 0.25) is 0 Å². The third-order valence-electron chi connectivity index (χ3n) is 4.75. The smallest absolute Gasteiger partial charge is 0.227 e. The largest absolute Gasteiger partial charge is 0.495 e. The summed E-state index contributed by atoms with van der Waals surface area (Å²) in [4.78, 5) is 13.5. The van der Waals surface area contributed by atoms with Gasteiger partial charge >= 0.3 is 0 Å². The summed E-state index contributed by atoms with van der Waals surface area (Å²) in [6.45, 7) is 3.36. The van der Waals surface area contributed by atoms with Crippen LogP contribution in [0.1, 0.15) is 0 Å². The van der Waals surface area contributed by atoms with Crippen LogP contribution in [0.3, 0.4) is 0 Å². The third-order valence-corrected chi connectivity index (χ3v) is 4.75. The van der Waals surface area contributed by atoms with Gasteiger partial charge < -0.3 is 19.9 Å². The van der Waals surface area contributed by atoms with E-state index >= 15 is 0 Å². The van der Waals surface area contributed by atoms with E-state index in [4.69, 9.17) is 4.74 Å². The minimum atomic E-state index is -0.262. The molecule has 28 heavy (non-hydrogen) atoms. The number of aromatic nitrogens is 2. The number of benzene rings is 2. The fourth-order valence-corrected chi connectivity index (χ4v) is 3.29. The fourth-order valence-electron chi connectivity index (χ4n) is 3.29. The Morgan fingerprint density at radius 2 is 1.64 bits per heavy atom. The number of halogens is 1. The Kier molecular flexibility index (Phi) is 5.23. The first-order valence-electron chi connectivity index (χ1n) is 9.21. The Hall–Kier alpha value is -3.35. The van der Waals surface area contributed by atoms with Crippen LogP contribution < -0.4 is 19.9 Å². The van der Waals surface area contributed by atoms with Gasteiger partial charge in [-0.25, -0.2) is 9.37 Å². The van der Waals surface area contributed by atoms with Gasteiger partial charge in [-0.1, -0.05) is 12.1 Å². The van der Waals surface area contributed by atoms with Crippen LogP contribution in [0, 0.1) is 5.82 Å². The Morgan fingerprint density at radius 1 is 0.929 bits per heavy atom. The standard InChI is InChI=1S/C21H22FN5O/c1-28-19-5-3-2-4-18(19)26-12-14-27(15-13-26)21-23-11-10-20(25-21)24-17-8-6-16(22)7-9-17/h2-11H,12-15H2,1H3,(H,23,24,25). The molecule has 1 fully saturated rings. The minimum absolute atomic E-state index is 0.262. The summed E-state index contributed by atoms with van der Waals surface area (Å²) < 4.78 is 18.5. The molecule has 6 nitrogen and oxygen atoms in total. The quantitative estimate of drug-likeness (QED) is 0.730. The van der Waals surface area contributed by atoms with Gasteiger partial charge in [-0.3, -0.25) is 0 Å². The molecule has 4 rings (SSSR count). The molecule has 1 N–H and O–H groups in total. The van der Waals surface area contributed by atoms with Crippen molar-refractivity contribution in [3.63, 3.8) is 0 Å². The SMILES string of the molecule is COc1ccccc1N1CCN(c2nccc(Nc3ccc(F)cc3)n2)CC1. The topological polar surface area (TPSA) is 53.5 Å². The summed E-state index contributed by atoms with van der Waals surface area (Å²) in [5.74, 6) is 2.00. The van der Waals surface area contributed by atoms with Crippen molar-refractivity contribution in [2.45, 2.75) is 0 Å². The molecule has 3 aromatic rings. The van der Waals surface area contributed by atoms with Crippen LogP contribution in [-0.4, -0.2) is 43.3 Å². The maximum atomic E-state index is 13.1. The summed E-state index contributed by atoms with van der Waals surface area (Å²) in [7, 11) is 1.70. The lowest BCUT2D eigenvalue weighted by molar-refractivity contribution is 0.413. The predicted molar refractivity (Wildman–Crippen MR) is 109 cm³/mol. The number of piperazine rings is 1. The van der Waals surface area contributed by atoms with Gasteiger partial charge in [0.2, 0.25) is 5.95 Å². The second kappa shape index (κ2) is 8.12. The number of rotatable bonds is 5. The van der Waals surface area contributed by atoms with Crippen LogP contribution in [0.25, 0.3) is 0 Å². The number of hydrogen-bond acceptors (Lipinski definition) is 6. The maximum absolute atomic E-state index is 13.1. The van der Waals surface area contributed by atoms with Gasteiger partial charge in [0, 0.05) is 38.1 Å². The first kappa shape index (κ1) is 18.0. The van der Waals surface area contributed by atoms with Crippen molar-refractivity contribution < 1.29 is 9.13 Å². The lowest BCUT2D eigenvalue weighted by atomic mass is 10.2. The van der Waals surface area contributed by atoms with E-state index in [1.165, 1.54) is 12.1 Å². The summed E-state index contributed by atoms with van der Waals surface area (Å²) in [6.07, 6.45) is 1.74.